The molecule has 3 aromatic heterocycles. The molecule has 22 heavy (non-hydrogen) atoms. The van der Waals surface area contributed by atoms with E-state index in [9.17, 15) is 3.89 Å². The standard InChI is InChI=1S/C14H11ClFN3O2S/c1-20-10-5-6-17-14(21-2)12(10)9-7-19(22-16)13-8(9)3-4-11(15)18-13/h3-7H,1-2H3. The summed E-state index contributed by atoms with van der Waals surface area (Å²) in [5, 5.41) is 1.01. The first-order chi connectivity index (χ1) is 10.7. The second-order valence-electron chi connectivity index (χ2n) is 4.34. The molecule has 0 fully saturated rings. The Labute approximate surface area is 135 Å². The van der Waals surface area contributed by atoms with Gasteiger partial charge >= 0.3 is 0 Å². The quantitative estimate of drug-likeness (QED) is 0.668. The van der Waals surface area contributed by atoms with Gasteiger partial charge in [-0.25, -0.2) is 13.9 Å². The Morgan fingerprint density at radius 1 is 1.23 bits per heavy atom. The van der Waals surface area contributed by atoms with Gasteiger partial charge in [-0.05, 0) is 18.2 Å². The van der Waals surface area contributed by atoms with Gasteiger partial charge < -0.3 is 9.47 Å². The SMILES string of the molecule is COc1ccnc(OC)c1-c1cn(SF)c2nc(Cl)ccc12. The molecule has 0 radical (unpaired) electrons. The molecule has 0 atom stereocenters. The first-order valence-electron chi connectivity index (χ1n) is 6.23. The highest BCUT2D eigenvalue weighted by molar-refractivity contribution is 7.92. The summed E-state index contributed by atoms with van der Waals surface area (Å²) >= 11 is 5.95. The number of halogens is 2. The number of rotatable bonds is 4. The molecule has 8 heteroatoms. The fraction of sp³-hybridized carbons (Fsp3) is 0.143. The fourth-order valence-electron chi connectivity index (χ4n) is 2.30. The molecular weight excluding hydrogens is 329 g/mol. The predicted molar refractivity (Wildman–Crippen MR) is 85.2 cm³/mol. The van der Waals surface area contributed by atoms with E-state index in [1.165, 1.54) is 11.1 Å². The van der Waals surface area contributed by atoms with Gasteiger partial charge in [0.1, 0.15) is 10.9 Å². The Hall–Kier alpha value is -1.99. The number of methoxy groups -OCH3 is 2. The second-order valence-corrected chi connectivity index (χ2v) is 5.26. The maximum absolute atomic E-state index is 13.2. The first-order valence-corrected chi connectivity index (χ1v) is 7.28. The van der Waals surface area contributed by atoms with Crippen molar-refractivity contribution in [2.24, 2.45) is 0 Å². The molecule has 3 rings (SSSR count). The van der Waals surface area contributed by atoms with Gasteiger partial charge in [-0.2, -0.15) is 0 Å². The lowest BCUT2D eigenvalue weighted by atomic mass is 10.1. The van der Waals surface area contributed by atoms with Crippen molar-refractivity contribution in [3.05, 3.63) is 35.7 Å². The van der Waals surface area contributed by atoms with Crippen molar-refractivity contribution in [3.8, 4) is 22.8 Å². The van der Waals surface area contributed by atoms with Crippen LogP contribution in [0.15, 0.2) is 30.6 Å². The maximum Gasteiger partial charge on any atom is 0.224 e. The van der Waals surface area contributed by atoms with Crippen molar-refractivity contribution in [1.82, 2.24) is 13.9 Å². The zero-order valence-corrected chi connectivity index (χ0v) is 13.3. The lowest BCUT2D eigenvalue weighted by Crippen LogP contribution is -1.95. The summed E-state index contributed by atoms with van der Waals surface area (Å²) < 4.78 is 25.2. The molecule has 0 N–H and O–H groups in total. The van der Waals surface area contributed by atoms with Gasteiger partial charge in [-0.1, -0.05) is 11.6 Å². The van der Waals surface area contributed by atoms with Crippen molar-refractivity contribution < 1.29 is 13.4 Å². The highest BCUT2D eigenvalue weighted by Gasteiger charge is 2.20. The Morgan fingerprint density at radius 3 is 2.73 bits per heavy atom. The lowest BCUT2D eigenvalue weighted by molar-refractivity contribution is 0.385. The molecule has 0 amide bonds. The van der Waals surface area contributed by atoms with Crippen LogP contribution in [0.25, 0.3) is 22.2 Å². The third-order valence-corrected chi connectivity index (χ3v) is 3.86. The highest BCUT2D eigenvalue weighted by atomic mass is 35.5. The molecule has 0 aliphatic heterocycles. The van der Waals surface area contributed by atoms with Gasteiger partial charge in [-0.15, -0.1) is 3.89 Å². The zero-order valence-electron chi connectivity index (χ0n) is 11.7. The topological polar surface area (TPSA) is 49.2 Å². The number of pyridine rings is 2. The van der Waals surface area contributed by atoms with E-state index in [0.29, 0.717) is 28.4 Å². The number of aromatic nitrogens is 3. The molecule has 5 nitrogen and oxygen atoms in total. The van der Waals surface area contributed by atoms with E-state index >= 15 is 0 Å². The second kappa shape index (κ2) is 6.02. The zero-order chi connectivity index (χ0) is 15.7. The van der Waals surface area contributed by atoms with Crippen LogP contribution >= 0.6 is 23.9 Å². The molecule has 0 saturated carbocycles. The summed E-state index contributed by atoms with van der Waals surface area (Å²) in [6.07, 6.45) is 3.19. The van der Waals surface area contributed by atoms with Crippen LogP contribution in [0.5, 0.6) is 11.6 Å². The molecule has 0 aliphatic rings. The third-order valence-electron chi connectivity index (χ3n) is 3.22. The van der Waals surface area contributed by atoms with E-state index in [1.54, 1.807) is 37.7 Å². The smallest absolute Gasteiger partial charge is 0.224 e. The molecule has 3 heterocycles. The Kier molecular flexibility index (Phi) is 4.08. The van der Waals surface area contributed by atoms with Crippen LogP contribution in [-0.4, -0.2) is 28.2 Å². The summed E-state index contributed by atoms with van der Waals surface area (Å²) in [7, 11) is 3.07. The number of fused-ring (bicyclic) bond motifs is 1. The predicted octanol–water partition coefficient (Wildman–Crippen LogP) is 4.15. The van der Waals surface area contributed by atoms with E-state index < -0.39 is 0 Å². The van der Waals surface area contributed by atoms with E-state index in [1.807, 2.05) is 0 Å². The third kappa shape index (κ3) is 2.36. The molecule has 0 aromatic carbocycles. The van der Waals surface area contributed by atoms with Gasteiger partial charge in [0.25, 0.3) is 0 Å². The van der Waals surface area contributed by atoms with Crippen molar-refractivity contribution in [2.75, 3.05) is 14.2 Å². The van der Waals surface area contributed by atoms with Crippen LogP contribution in [0.1, 0.15) is 0 Å². The Bertz CT molecular complexity index is 818. The summed E-state index contributed by atoms with van der Waals surface area (Å²) in [6.45, 7) is 0. The van der Waals surface area contributed by atoms with Crippen LogP contribution < -0.4 is 9.47 Å². The van der Waals surface area contributed by atoms with Gasteiger partial charge in [0.15, 0.2) is 18.0 Å². The summed E-state index contributed by atoms with van der Waals surface area (Å²) in [5.74, 6) is 0.960. The van der Waals surface area contributed by atoms with Crippen LogP contribution in [0.4, 0.5) is 3.89 Å². The normalized spacial score (nSPS) is 10.9. The Morgan fingerprint density at radius 2 is 2.05 bits per heavy atom. The molecule has 3 aromatic rings. The minimum Gasteiger partial charge on any atom is -0.496 e. The fourth-order valence-corrected chi connectivity index (χ4v) is 2.79. The van der Waals surface area contributed by atoms with Crippen LogP contribution in [0.3, 0.4) is 0 Å². The molecule has 0 bridgehead atoms. The number of ether oxygens (including phenoxy) is 2. The van der Waals surface area contributed by atoms with E-state index in [-0.39, 0.29) is 17.5 Å². The van der Waals surface area contributed by atoms with Crippen molar-refractivity contribution in [3.63, 3.8) is 0 Å². The molecular formula is C14H11ClFN3O2S. The van der Waals surface area contributed by atoms with Gasteiger partial charge in [-0.3, -0.25) is 0 Å². The van der Waals surface area contributed by atoms with Gasteiger partial charge in [0, 0.05) is 23.3 Å². The van der Waals surface area contributed by atoms with Crippen LogP contribution in [0.2, 0.25) is 5.15 Å². The summed E-state index contributed by atoms with van der Waals surface area (Å²) in [5.41, 5.74) is 1.75. The monoisotopic (exact) mass is 339 g/mol. The van der Waals surface area contributed by atoms with Crippen molar-refractivity contribution >= 4 is 35.0 Å². The van der Waals surface area contributed by atoms with Gasteiger partial charge in [0.05, 0.1) is 19.8 Å². The maximum atomic E-state index is 13.2. The highest BCUT2D eigenvalue weighted by Crippen LogP contribution is 2.42. The molecule has 0 spiro atoms. The van der Waals surface area contributed by atoms with Crippen LogP contribution in [0, 0.1) is 0 Å². The first kappa shape index (κ1) is 14.9. The van der Waals surface area contributed by atoms with Crippen LogP contribution in [-0.2, 0) is 0 Å². The van der Waals surface area contributed by atoms with Crippen molar-refractivity contribution in [1.29, 1.82) is 0 Å². The minimum atomic E-state index is 0.0429. The molecule has 0 aliphatic carbocycles. The molecule has 114 valence electrons. The average molecular weight is 340 g/mol. The van der Waals surface area contributed by atoms with E-state index in [2.05, 4.69) is 9.97 Å². The Balaban J connectivity index is 2.36. The van der Waals surface area contributed by atoms with E-state index in [0.717, 1.165) is 5.39 Å². The summed E-state index contributed by atoms with van der Waals surface area (Å²) in [6, 6.07) is 5.14. The summed E-state index contributed by atoms with van der Waals surface area (Å²) in [4.78, 5) is 8.35. The average Bonchev–Trinajstić information content (AvgIpc) is 2.91. The van der Waals surface area contributed by atoms with Gasteiger partial charge in [0.2, 0.25) is 5.88 Å². The lowest BCUT2D eigenvalue weighted by Gasteiger charge is -2.11. The molecule has 0 saturated heterocycles. The van der Waals surface area contributed by atoms with E-state index in [4.69, 9.17) is 21.1 Å². The number of hydrogen-bond acceptors (Lipinski definition) is 5. The minimum absolute atomic E-state index is 0.0429. The number of nitrogens with zero attached hydrogens (tertiary/aromatic N) is 3. The number of hydrogen-bond donors (Lipinski definition) is 0. The largest absolute Gasteiger partial charge is 0.496 e. The molecule has 0 unspecified atom stereocenters. The van der Waals surface area contributed by atoms with Crippen molar-refractivity contribution in [2.45, 2.75) is 0 Å².